The highest BCUT2D eigenvalue weighted by molar-refractivity contribution is 8.00. The van der Waals surface area contributed by atoms with Crippen LogP contribution in [0.25, 0.3) is 0 Å². The number of nitrogens with one attached hydrogen (secondary N) is 2. The number of aryl methyl sites for hydroxylation is 1. The molecule has 1 unspecified atom stereocenters. The van der Waals surface area contributed by atoms with E-state index < -0.39 is 0 Å². The summed E-state index contributed by atoms with van der Waals surface area (Å²) in [6.45, 7) is 3.68. The van der Waals surface area contributed by atoms with Crippen LogP contribution in [0.15, 0.2) is 34.8 Å². The summed E-state index contributed by atoms with van der Waals surface area (Å²) in [6, 6.07) is 7.54. The highest BCUT2D eigenvalue weighted by atomic mass is 35.5. The first-order chi connectivity index (χ1) is 13.0. The molecule has 0 spiro atoms. The van der Waals surface area contributed by atoms with Crippen molar-refractivity contribution in [3.63, 3.8) is 0 Å². The first-order valence-corrected chi connectivity index (χ1v) is 10.4. The molecule has 1 amide bonds. The van der Waals surface area contributed by atoms with Gasteiger partial charge < -0.3 is 10.1 Å². The first-order valence-electron chi connectivity index (χ1n) is 8.21. The van der Waals surface area contributed by atoms with Gasteiger partial charge in [0.05, 0.1) is 18.0 Å². The number of hydrogen-bond acceptors (Lipinski definition) is 6. The molecule has 27 heavy (non-hydrogen) atoms. The Hall–Kier alpha value is -2.03. The number of amides is 1. The van der Waals surface area contributed by atoms with Gasteiger partial charge in [0, 0.05) is 22.4 Å². The van der Waals surface area contributed by atoms with E-state index in [-0.39, 0.29) is 11.2 Å². The number of halogens is 1. The Morgan fingerprint density at radius 3 is 3.00 bits per heavy atom. The molecule has 0 saturated heterocycles. The lowest BCUT2D eigenvalue weighted by molar-refractivity contribution is -0.115. The maximum absolute atomic E-state index is 12.6. The maximum Gasteiger partial charge on any atom is 0.237 e. The van der Waals surface area contributed by atoms with E-state index in [1.165, 1.54) is 23.7 Å². The van der Waals surface area contributed by atoms with E-state index in [1.807, 2.05) is 25.3 Å². The number of carbonyl (C=O) groups excluding carboxylic acids is 1. The van der Waals surface area contributed by atoms with E-state index in [0.29, 0.717) is 28.0 Å². The average Bonchev–Trinajstić information content (AvgIpc) is 3.30. The Labute approximate surface area is 170 Å². The van der Waals surface area contributed by atoms with Crippen molar-refractivity contribution in [3.05, 3.63) is 50.9 Å². The Kier molecular flexibility index (Phi) is 6.41. The molecule has 0 radical (unpaired) electrons. The number of anilines is 1. The summed E-state index contributed by atoms with van der Waals surface area (Å²) in [5, 5.41) is 12.8. The molecule has 0 bridgehead atoms. The van der Waals surface area contributed by atoms with Crippen molar-refractivity contribution >= 4 is 46.3 Å². The van der Waals surface area contributed by atoms with Gasteiger partial charge in [-0.1, -0.05) is 29.4 Å². The number of carbonyl (C=O) groups is 1. The minimum absolute atomic E-state index is 0.162. The molecule has 0 fully saturated rings. The number of rotatable bonds is 7. The minimum atomic E-state index is -0.379. The zero-order valence-electron chi connectivity index (χ0n) is 15.1. The maximum atomic E-state index is 12.6. The van der Waals surface area contributed by atoms with Gasteiger partial charge in [0.25, 0.3) is 0 Å². The molecule has 1 aromatic carbocycles. The molecule has 1 atom stereocenters. The van der Waals surface area contributed by atoms with E-state index in [4.69, 9.17) is 16.3 Å². The summed E-state index contributed by atoms with van der Waals surface area (Å²) in [6.07, 6.45) is 0.701. The largest absolute Gasteiger partial charge is 0.495 e. The summed E-state index contributed by atoms with van der Waals surface area (Å²) in [5.74, 6) is 1.14. The molecule has 2 N–H and O–H groups in total. The van der Waals surface area contributed by atoms with Gasteiger partial charge in [0.15, 0.2) is 0 Å². The Morgan fingerprint density at radius 1 is 1.48 bits per heavy atom. The number of aromatic amines is 1. The third-order valence-corrected chi connectivity index (χ3v) is 6.07. The van der Waals surface area contributed by atoms with Crippen molar-refractivity contribution in [3.8, 4) is 5.75 Å². The van der Waals surface area contributed by atoms with Gasteiger partial charge in [0.2, 0.25) is 11.1 Å². The summed E-state index contributed by atoms with van der Waals surface area (Å²) < 4.78 is 5.30. The van der Waals surface area contributed by atoms with Gasteiger partial charge in [-0.05, 0) is 36.9 Å². The van der Waals surface area contributed by atoms with Crippen molar-refractivity contribution in [2.24, 2.45) is 0 Å². The van der Waals surface area contributed by atoms with Gasteiger partial charge in [-0.3, -0.25) is 9.89 Å². The molecule has 0 aliphatic rings. The fourth-order valence-corrected chi connectivity index (χ4v) is 3.97. The Balaban J connectivity index is 1.63. The number of ether oxygens (including phenoxy) is 1. The zero-order chi connectivity index (χ0) is 19.4. The molecule has 0 aliphatic heterocycles. The van der Waals surface area contributed by atoms with E-state index in [9.17, 15) is 4.79 Å². The van der Waals surface area contributed by atoms with Crippen LogP contribution < -0.4 is 10.1 Å². The lowest BCUT2D eigenvalue weighted by Gasteiger charge is -2.14. The van der Waals surface area contributed by atoms with Crippen molar-refractivity contribution < 1.29 is 9.53 Å². The molecule has 142 valence electrons. The average molecular weight is 423 g/mol. The van der Waals surface area contributed by atoms with Crippen LogP contribution in [0.3, 0.4) is 0 Å². The van der Waals surface area contributed by atoms with Crippen LogP contribution >= 0.6 is 34.7 Å². The number of nitrogens with zero attached hydrogens (tertiary/aromatic N) is 2. The first kappa shape index (κ1) is 19.7. The fourth-order valence-electron chi connectivity index (χ4n) is 2.36. The lowest BCUT2D eigenvalue weighted by Crippen LogP contribution is -2.23. The molecule has 3 aromatic rings. The second kappa shape index (κ2) is 8.77. The van der Waals surface area contributed by atoms with Crippen LogP contribution in [0.2, 0.25) is 5.02 Å². The summed E-state index contributed by atoms with van der Waals surface area (Å²) in [7, 11) is 1.54. The second-order valence-electron chi connectivity index (χ2n) is 5.87. The topological polar surface area (TPSA) is 79.9 Å². The molecular weight excluding hydrogens is 404 g/mol. The molecular formula is C18H19ClN4O2S2. The summed E-state index contributed by atoms with van der Waals surface area (Å²) >= 11 is 9.08. The van der Waals surface area contributed by atoms with Crippen LogP contribution in [0.4, 0.5) is 5.69 Å². The highest BCUT2D eigenvalue weighted by Gasteiger charge is 2.19. The number of H-pyrrole nitrogens is 1. The van der Waals surface area contributed by atoms with Crippen molar-refractivity contribution in [2.45, 2.75) is 30.7 Å². The van der Waals surface area contributed by atoms with Crippen molar-refractivity contribution in [2.75, 3.05) is 12.4 Å². The predicted molar refractivity (Wildman–Crippen MR) is 110 cm³/mol. The number of hydrogen-bond donors (Lipinski definition) is 2. The van der Waals surface area contributed by atoms with E-state index in [1.54, 1.807) is 23.5 Å². The Bertz CT molecular complexity index is 928. The fraction of sp³-hybridized carbons (Fsp3) is 0.278. The van der Waals surface area contributed by atoms with Gasteiger partial charge >= 0.3 is 0 Å². The Morgan fingerprint density at radius 2 is 2.30 bits per heavy atom. The third-order valence-electron chi connectivity index (χ3n) is 3.82. The monoisotopic (exact) mass is 422 g/mol. The van der Waals surface area contributed by atoms with Gasteiger partial charge in [0.1, 0.15) is 11.6 Å². The quantitative estimate of drug-likeness (QED) is 0.546. The zero-order valence-corrected chi connectivity index (χ0v) is 17.5. The highest BCUT2D eigenvalue weighted by Crippen LogP contribution is 2.32. The number of thiophene rings is 1. The summed E-state index contributed by atoms with van der Waals surface area (Å²) in [4.78, 5) is 18.2. The molecule has 6 nitrogen and oxygen atoms in total. The molecule has 0 aliphatic carbocycles. The van der Waals surface area contributed by atoms with E-state index in [0.717, 1.165) is 11.4 Å². The smallest absolute Gasteiger partial charge is 0.237 e. The van der Waals surface area contributed by atoms with Crippen LogP contribution in [0.1, 0.15) is 23.2 Å². The number of methoxy groups -OCH3 is 1. The molecule has 0 saturated carbocycles. The van der Waals surface area contributed by atoms with Crippen LogP contribution in [0.5, 0.6) is 5.75 Å². The number of aromatic nitrogens is 3. The molecule has 2 aromatic heterocycles. The normalized spacial score (nSPS) is 12.0. The third kappa shape index (κ3) is 5.03. The van der Waals surface area contributed by atoms with E-state index in [2.05, 4.69) is 26.6 Å². The molecule has 3 rings (SSSR count). The number of thioether (sulfide) groups is 1. The van der Waals surface area contributed by atoms with Crippen molar-refractivity contribution in [1.82, 2.24) is 15.2 Å². The molecule has 2 heterocycles. The minimum Gasteiger partial charge on any atom is -0.495 e. The van der Waals surface area contributed by atoms with Crippen molar-refractivity contribution in [1.29, 1.82) is 0 Å². The van der Waals surface area contributed by atoms with Crippen LogP contribution in [0, 0.1) is 6.92 Å². The predicted octanol–water partition coefficient (Wildman–Crippen LogP) is 4.55. The second-order valence-corrected chi connectivity index (χ2v) is 8.62. The van der Waals surface area contributed by atoms with Gasteiger partial charge in [-0.2, -0.15) is 0 Å². The summed E-state index contributed by atoms with van der Waals surface area (Å²) in [5.41, 5.74) is 1.45. The van der Waals surface area contributed by atoms with Gasteiger partial charge in [-0.25, -0.2) is 4.98 Å². The standard InChI is InChI=1S/C18H19ClN4O2S2/c1-10-7-14(15(25-3)9-13(10)19)20-17(24)11(2)27-18-21-16(22-23-18)8-12-5-4-6-26-12/h4-7,9,11H,8H2,1-3H3,(H,20,24)(H,21,22,23). The van der Waals surface area contributed by atoms with Crippen LogP contribution in [-0.2, 0) is 11.2 Å². The SMILES string of the molecule is COc1cc(Cl)c(C)cc1NC(=O)C(C)Sc1n[nH]c(Cc2cccs2)n1. The lowest BCUT2D eigenvalue weighted by atomic mass is 10.2. The van der Waals surface area contributed by atoms with E-state index >= 15 is 0 Å². The van der Waals surface area contributed by atoms with Crippen LogP contribution in [-0.4, -0.2) is 33.4 Å². The number of benzene rings is 1. The molecule has 9 heteroatoms. The van der Waals surface area contributed by atoms with Gasteiger partial charge in [-0.15, -0.1) is 16.4 Å².